The second-order valence-corrected chi connectivity index (χ2v) is 5.41. The molecule has 6 heteroatoms. The minimum atomic E-state index is -0.523. The fraction of sp³-hybridized carbons (Fsp3) is 0.462. The molecule has 102 valence electrons. The summed E-state index contributed by atoms with van der Waals surface area (Å²) in [5, 5.41) is 2.66. The summed E-state index contributed by atoms with van der Waals surface area (Å²) in [6, 6.07) is 1.83. The van der Waals surface area contributed by atoms with Gasteiger partial charge in [0.1, 0.15) is 11.4 Å². The van der Waals surface area contributed by atoms with Crippen molar-refractivity contribution in [3.05, 3.63) is 18.1 Å². The van der Waals surface area contributed by atoms with Crippen molar-refractivity contribution in [3.8, 4) is 0 Å². The van der Waals surface area contributed by atoms with Gasteiger partial charge in [-0.1, -0.05) is 0 Å². The first-order valence-electron chi connectivity index (χ1n) is 6.05. The van der Waals surface area contributed by atoms with Crippen LogP contribution in [0, 0.1) is 6.92 Å². The second kappa shape index (κ2) is 4.53. The first kappa shape index (κ1) is 13.3. The maximum absolute atomic E-state index is 11.7. The number of carbonyl (C=O) groups excluding carboxylic acids is 1. The Morgan fingerprint density at radius 3 is 2.74 bits per heavy atom. The lowest BCUT2D eigenvalue weighted by Gasteiger charge is -2.19. The molecule has 0 aromatic carbocycles. The van der Waals surface area contributed by atoms with Crippen LogP contribution in [0.4, 0.5) is 10.5 Å². The van der Waals surface area contributed by atoms with Gasteiger partial charge in [-0.3, -0.25) is 5.32 Å². The fourth-order valence-corrected chi connectivity index (χ4v) is 1.67. The largest absolute Gasteiger partial charge is 0.444 e. The zero-order chi connectivity index (χ0) is 14.2. The highest BCUT2D eigenvalue weighted by atomic mass is 16.6. The third-order valence-electron chi connectivity index (χ3n) is 2.61. The summed E-state index contributed by atoms with van der Waals surface area (Å²) in [5.41, 5.74) is 1.59. The van der Waals surface area contributed by atoms with Crippen molar-refractivity contribution >= 4 is 22.9 Å². The van der Waals surface area contributed by atoms with E-state index in [0.29, 0.717) is 11.3 Å². The number of rotatable bonds is 1. The molecule has 0 saturated carbocycles. The molecule has 2 aromatic rings. The molecule has 19 heavy (non-hydrogen) atoms. The number of fused-ring (bicyclic) bond motifs is 1. The third-order valence-corrected chi connectivity index (χ3v) is 2.61. The topological polar surface area (TPSA) is 69.0 Å². The van der Waals surface area contributed by atoms with E-state index in [1.54, 1.807) is 6.20 Å². The summed E-state index contributed by atoms with van der Waals surface area (Å²) < 4.78 is 7.11. The predicted molar refractivity (Wildman–Crippen MR) is 73.1 cm³/mol. The van der Waals surface area contributed by atoms with E-state index in [0.717, 1.165) is 11.3 Å². The molecule has 0 aliphatic carbocycles. The number of pyridine rings is 1. The number of nitrogens with one attached hydrogen (secondary N) is 1. The summed E-state index contributed by atoms with van der Waals surface area (Å²) in [7, 11) is 1.91. The molecule has 1 amide bonds. The number of hydrogen-bond donors (Lipinski definition) is 1. The summed E-state index contributed by atoms with van der Waals surface area (Å²) in [6.07, 6.45) is 1.08. The van der Waals surface area contributed by atoms with Gasteiger partial charge in [-0.05, 0) is 33.8 Å². The van der Waals surface area contributed by atoms with Gasteiger partial charge in [-0.15, -0.1) is 0 Å². The lowest BCUT2D eigenvalue weighted by molar-refractivity contribution is 0.0636. The molecule has 0 fully saturated rings. The standard InChI is InChI=1S/C13H18N4O2/c1-8-15-11-10(17(8)5)6-9(7-14-11)16-12(18)19-13(2,3)4/h6-7H,1-5H3,(H,16,18). The molecule has 0 saturated heterocycles. The van der Waals surface area contributed by atoms with Gasteiger partial charge in [0.05, 0.1) is 17.4 Å². The Bertz CT molecular complexity index is 625. The van der Waals surface area contributed by atoms with E-state index in [2.05, 4.69) is 15.3 Å². The van der Waals surface area contributed by atoms with E-state index in [-0.39, 0.29) is 0 Å². The monoisotopic (exact) mass is 262 g/mol. The van der Waals surface area contributed by atoms with Crippen LogP contribution in [0.3, 0.4) is 0 Å². The van der Waals surface area contributed by atoms with Gasteiger partial charge in [0.2, 0.25) is 0 Å². The predicted octanol–water partition coefficient (Wildman–Crippen LogP) is 2.62. The van der Waals surface area contributed by atoms with Gasteiger partial charge >= 0.3 is 6.09 Å². The Hall–Kier alpha value is -2.11. The van der Waals surface area contributed by atoms with Gasteiger partial charge in [0.15, 0.2) is 5.65 Å². The van der Waals surface area contributed by atoms with Gasteiger partial charge in [0, 0.05) is 7.05 Å². The van der Waals surface area contributed by atoms with Crippen molar-refractivity contribution in [3.63, 3.8) is 0 Å². The zero-order valence-corrected chi connectivity index (χ0v) is 11.8. The maximum atomic E-state index is 11.7. The normalized spacial score (nSPS) is 11.6. The van der Waals surface area contributed by atoms with Gasteiger partial charge < -0.3 is 9.30 Å². The molecular weight excluding hydrogens is 244 g/mol. The summed E-state index contributed by atoms with van der Waals surface area (Å²) in [6.45, 7) is 7.36. The maximum Gasteiger partial charge on any atom is 0.412 e. The van der Waals surface area contributed by atoms with Gasteiger partial charge in [0.25, 0.3) is 0 Å². The molecule has 0 spiro atoms. The Balaban J connectivity index is 2.22. The number of carbonyl (C=O) groups is 1. The quantitative estimate of drug-likeness (QED) is 0.857. The van der Waals surface area contributed by atoms with Crippen LogP contribution in [0.1, 0.15) is 26.6 Å². The lowest BCUT2D eigenvalue weighted by atomic mass is 10.2. The smallest absolute Gasteiger partial charge is 0.412 e. The molecule has 0 atom stereocenters. The van der Waals surface area contributed by atoms with Crippen molar-refractivity contribution in [2.45, 2.75) is 33.3 Å². The van der Waals surface area contributed by atoms with E-state index in [1.807, 2.05) is 45.4 Å². The molecule has 1 N–H and O–H groups in total. The van der Waals surface area contributed by atoms with Crippen molar-refractivity contribution in [1.29, 1.82) is 0 Å². The van der Waals surface area contributed by atoms with Crippen molar-refractivity contribution < 1.29 is 9.53 Å². The summed E-state index contributed by atoms with van der Waals surface area (Å²) in [4.78, 5) is 20.2. The Labute approximate surface area is 111 Å². The highest BCUT2D eigenvalue weighted by Gasteiger charge is 2.16. The van der Waals surface area contributed by atoms with Crippen LogP contribution in [0.25, 0.3) is 11.2 Å². The number of hydrogen-bond acceptors (Lipinski definition) is 4. The average molecular weight is 262 g/mol. The average Bonchev–Trinajstić information content (AvgIpc) is 2.53. The van der Waals surface area contributed by atoms with E-state index in [4.69, 9.17) is 4.74 Å². The second-order valence-electron chi connectivity index (χ2n) is 5.41. The molecule has 0 unspecified atom stereocenters. The van der Waals surface area contributed by atoms with Gasteiger partial charge in [-0.2, -0.15) is 0 Å². The molecule has 2 rings (SSSR count). The SMILES string of the molecule is Cc1nc2ncc(NC(=O)OC(C)(C)C)cc2n1C. The zero-order valence-electron chi connectivity index (χ0n) is 11.8. The Kier molecular flexibility index (Phi) is 3.18. The molecule has 0 radical (unpaired) electrons. The van der Waals surface area contributed by atoms with Crippen LogP contribution in [-0.2, 0) is 11.8 Å². The van der Waals surface area contributed by atoms with Crippen LogP contribution < -0.4 is 5.32 Å². The van der Waals surface area contributed by atoms with Crippen molar-refractivity contribution in [2.75, 3.05) is 5.32 Å². The van der Waals surface area contributed by atoms with Crippen LogP contribution in [0.2, 0.25) is 0 Å². The highest BCUT2D eigenvalue weighted by Crippen LogP contribution is 2.17. The molecule has 2 heterocycles. The number of aromatic nitrogens is 3. The fourth-order valence-electron chi connectivity index (χ4n) is 1.67. The van der Waals surface area contributed by atoms with Crippen molar-refractivity contribution in [1.82, 2.24) is 14.5 Å². The van der Waals surface area contributed by atoms with Crippen LogP contribution in [-0.4, -0.2) is 26.2 Å². The van der Waals surface area contributed by atoms with Crippen molar-refractivity contribution in [2.24, 2.45) is 7.05 Å². The first-order valence-corrected chi connectivity index (χ1v) is 6.05. The third kappa shape index (κ3) is 3.01. The van der Waals surface area contributed by atoms with Crippen LogP contribution in [0.5, 0.6) is 0 Å². The molecule has 6 nitrogen and oxygen atoms in total. The number of imidazole rings is 1. The summed E-state index contributed by atoms with van der Waals surface area (Å²) >= 11 is 0. The molecule has 0 aliphatic rings. The molecular formula is C13H18N4O2. The van der Waals surface area contributed by atoms with E-state index in [1.165, 1.54) is 0 Å². The van der Waals surface area contributed by atoms with E-state index in [9.17, 15) is 4.79 Å². The number of nitrogens with zero attached hydrogens (tertiary/aromatic N) is 3. The molecule has 2 aromatic heterocycles. The minimum absolute atomic E-state index is 0.493. The highest BCUT2D eigenvalue weighted by molar-refractivity contribution is 5.87. The van der Waals surface area contributed by atoms with E-state index < -0.39 is 11.7 Å². The number of aryl methyl sites for hydroxylation is 2. The Morgan fingerprint density at radius 2 is 2.11 bits per heavy atom. The van der Waals surface area contributed by atoms with Crippen LogP contribution >= 0.6 is 0 Å². The first-order chi connectivity index (χ1) is 8.76. The summed E-state index contributed by atoms with van der Waals surface area (Å²) in [5.74, 6) is 0.872. The van der Waals surface area contributed by atoms with Crippen LogP contribution in [0.15, 0.2) is 12.3 Å². The number of ether oxygens (including phenoxy) is 1. The molecule has 0 aliphatic heterocycles. The molecule has 0 bridgehead atoms. The Morgan fingerprint density at radius 1 is 1.42 bits per heavy atom. The minimum Gasteiger partial charge on any atom is -0.444 e. The van der Waals surface area contributed by atoms with Gasteiger partial charge in [-0.25, -0.2) is 14.8 Å². The number of anilines is 1. The lowest BCUT2D eigenvalue weighted by Crippen LogP contribution is -2.27. The number of amides is 1. The van der Waals surface area contributed by atoms with E-state index >= 15 is 0 Å².